The first-order valence-electron chi connectivity index (χ1n) is 4.44. The van der Waals surface area contributed by atoms with Gasteiger partial charge >= 0.3 is 0 Å². The first kappa shape index (κ1) is 10.1. The summed E-state index contributed by atoms with van der Waals surface area (Å²) in [6, 6.07) is -0.197. The molecule has 0 bridgehead atoms. The van der Waals surface area contributed by atoms with Gasteiger partial charge in [-0.15, -0.1) is 10.2 Å². The van der Waals surface area contributed by atoms with Crippen LogP contribution in [-0.4, -0.2) is 28.0 Å². The number of hydrogen-bond acceptors (Lipinski definition) is 5. The SMILES string of the molecule is CCc1nnc(CCC(N)CO)o1. The maximum atomic E-state index is 8.67. The van der Waals surface area contributed by atoms with E-state index < -0.39 is 0 Å². The lowest BCUT2D eigenvalue weighted by molar-refractivity contribution is 0.258. The third-order valence-electron chi connectivity index (χ3n) is 1.77. The molecule has 1 unspecified atom stereocenters. The molecule has 5 nitrogen and oxygen atoms in total. The Morgan fingerprint density at radius 3 is 2.69 bits per heavy atom. The van der Waals surface area contributed by atoms with Crippen molar-refractivity contribution in [3.63, 3.8) is 0 Å². The summed E-state index contributed by atoms with van der Waals surface area (Å²) in [5, 5.41) is 16.3. The minimum absolute atomic E-state index is 0.00519. The van der Waals surface area contributed by atoms with Crippen LogP contribution in [0.25, 0.3) is 0 Å². The standard InChI is InChI=1S/C8H15N3O2/c1-2-7-10-11-8(13-7)4-3-6(9)5-12/h6,12H,2-5,9H2,1H3. The van der Waals surface area contributed by atoms with Crippen molar-refractivity contribution in [1.29, 1.82) is 0 Å². The molecular weight excluding hydrogens is 170 g/mol. The van der Waals surface area contributed by atoms with Crippen molar-refractivity contribution in [2.24, 2.45) is 5.73 Å². The molecule has 3 N–H and O–H groups in total. The Morgan fingerprint density at radius 2 is 2.15 bits per heavy atom. The molecule has 0 aliphatic rings. The maximum absolute atomic E-state index is 8.67. The summed E-state index contributed by atoms with van der Waals surface area (Å²) >= 11 is 0. The van der Waals surface area contributed by atoms with E-state index >= 15 is 0 Å². The highest BCUT2D eigenvalue weighted by Gasteiger charge is 2.06. The Hall–Kier alpha value is -0.940. The Morgan fingerprint density at radius 1 is 1.46 bits per heavy atom. The molecule has 0 spiro atoms. The summed E-state index contributed by atoms with van der Waals surface area (Å²) in [4.78, 5) is 0. The van der Waals surface area contributed by atoms with Gasteiger partial charge in [-0.3, -0.25) is 0 Å². The second-order valence-corrected chi connectivity index (χ2v) is 2.92. The Balaban J connectivity index is 2.36. The average Bonchev–Trinajstić information content (AvgIpc) is 2.61. The number of aliphatic hydroxyl groups is 1. The van der Waals surface area contributed by atoms with E-state index in [1.54, 1.807) is 0 Å². The van der Waals surface area contributed by atoms with Crippen molar-refractivity contribution in [3.8, 4) is 0 Å². The zero-order chi connectivity index (χ0) is 9.68. The number of aryl methyl sites for hydroxylation is 2. The normalized spacial score (nSPS) is 13.2. The van der Waals surface area contributed by atoms with Gasteiger partial charge in [-0.05, 0) is 6.42 Å². The van der Waals surface area contributed by atoms with E-state index in [0.29, 0.717) is 24.6 Å². The molecule has 1 atom stereocenters. The van der Waals surface area contributed by atoms with E-state index in [9.17, 15) is 0 Å². The van der Waals surface area contributed by atoms with Crippen molar-refractivity contribution < 1.29 is 9.52 Å². The van der Waals surface area contributed by atoms with Gasteiger partial charge in [0.1, 0.15) is 0 Å². The molecule has 1 aromatic rings. The second-order valence-electron chi connectivity index (χ2n) is 2.92. The molecule has 0 fully saturated rings. The third-order valence-corrected chi connectivity index (χ3v) is 1.77. The minimum Gasteiger partial charge on any atom is -0.425 e. The predicted octanol–water partition coefficient (Wildman–Crippen LogP) is -0.116. The second kappa shape index (κ2) is 4.94. The lowest BCUT2D eigenvalue weighted by atomic mass is 10.2. The topological polar surface area (TPSA) is 85.2 Å². The summed E-state index contributed by atoms with van der Waals surface area (Å²) in [6.07, 6.45) is 2.05. The number of nitrogens with zero attached hydrogens (tertiary/aromatic N) is 2. The zero-order valence-corrected chi connectivity index (χ0v) is 7.73. The highest BCUT2D eigenvalue weighted by molar-refractivity contribution is 4.82. The van der Waals surface area contributed by atoms with Gasteiger partial charge in [0.15, 0.2) is 0 Å². The lowest BCUT2D eigenvalue weighted by Crippen LogP contribution is -2.24. The fraction of sp³-hybridized carbons (Fsp3) is 0.750. The van der Waals surface area contributed by atoms with Gasteiger partial charge in [0.05, 0.1) is 6.61 Å². The van der Waals surface area contributed by atoms with Crippen LogP contribution in [0.5, 0.6) is 0 Å². The van der Waals surface area contributed by atoms with Crippen molar-refractivity contribution in [2.45, 2.75) is 32.2 Å². The molecule has 13 heavy (non-hydrogen) atoms. The molecule has 5 heteroatoms. The summed E-state index contributed by atoms with van der Waals surface area (Å²) < 4.78 is 5.27. The molecule has 0 saturated carbocycles. The van der Waals surface area contributed by atoms with Gasteiger partial charge in [0.25, 0.3) is 0 Å². The number of hydrogen-bond donors (Lipinski definition) is 2. The molecule has 0 aliphatic heterocycles. The maximum Gasteiger partial charge on any atom is 0.216 e. The molecule has 1 heterocycles. The molecule has 0 amide bonds. The number of aliphatic hydroxyl groups excluding tert-OH is 1. The Kier molecular flexibility index (Phi) is 3.85. The Labute approximate surface area is 77.0 Å². The Bertz CT molecular complexity index is 249. The van der Waals surface area contributed by atoms with E-state index in [1.165, 1.54) is 0 Å². The fourth-order valence-electron chi connectivity index (χ4n) is 0.932. The van der Waals surface area contributed by atoms with Crippen LogP contribution >= 0.6 is 0 Å². The largest absolute Gasteiger partial charge is 0.425 e. The molecule has 0 radical (unpaired) electrons. The van der Waals surface area contributed by atoms with E-state index in [1.807, 2.05) is 6.92 Å². The van der Waals surface area contributed by atoms with E-state index in [-0.39, 0.29) is 12.6 Å². The van der Waals surface area contributed by atoms with Crippen LogP contribution in [0.2, 0.25) is 0 Å². The zero-order valence-electron chi connectivity index (χ0n) is 7.73. The average molecular weight is 185 g/mol. The van der Waals surface area contributed by atoms with Gasteiger partial charge in [0, 0.05) is 18.9 Å². The highest BCUT2D eigenvalue weighted by Crippen LogP contribution is 2.04. The summed E-state index contributed by atoms with van der Waals surface area (Å²) in [6.45, 7) is 1.95. The van der Waals surface area contributed by atoms with Crippen molar-refractivity contribution in [1.82, 2.24) is 10.2 Å². The molecule has 0 saturated heterocycles. The minimum atomic E-state index is -0.197. The van der Waals surface area contributed by atoms with Crippen LogP contribution in [0.1, 0.15) is 25.1 Å². The number of rotatable bonds is 5. The van der Waals surface area contributed by atoms with Gasteiger partial charge in [-0.25, -0.2) is 0 Å². The van der Waals surface area contributed by atoms with Gasteiger partial charge in [-0.1, -0.05) is 6.92 Å². The van der Waals surface area contributed by atoms with Gasteiger partial charge < -0.3 is 15.3 Å². The monoisotopic (exact) mass is 185 g/mol. The molecular formula is C8H15N3O2. The third kappa shape index (κ3) is 3.12. The van der Waals surface area contributed by atoms with Crippen molar-refractivity contribution in [3.05, 3.63) is 11.8 Å². The molecule has 0 aromatic carbocycles. The molecule has 1 aromatic heterocycles. The molecule has 0 aliphatic carbocycles. The fourth-order valence-corrected chi connectivity index (χ4v) is 0.932. The van der Waals surface area contributed by atoms with Crippen LogP contribution < -0.4 is 5.73 Å². The van der Waals surface area contributed by atoms with Crippen molar-refractivity contribution in [2.75, 3.05) is 6.61 Å². The van der Waals surface area contributed by atoms with Crippen LogP contribution in [0.15, 0.2) is 4.42 Å². The van der Waals surface area contributed by atoms with Crippen LogP contribution in [-0.2, 0) is 12.8 Å². The number of aromatic nitrogens is 2. The van der Waals surface area contributed by atoms with Crippen molar-refractivity contribution >= 4 is 0 Å². The smallest absolute Gasteiger partial charge is 0.216 e. The van der Waals surface area contributed by atoms with Crippen LogP contribution in [0.3, 0.4) is 0 Å². The summed E-state index contributed by atoms with van der Waals surface area (Å²) in [7, 11) is 0. The first-order valence-corrected chi connectivity index (χ1v) is 4.44. The van der Waals surface area contributed by atoms with Crippen LogP contribution in [0, 0.1) is 0 Å². The quantitative estimate of drug-likeness (QED) is 0.668. The summed E-state index contributed by atoms with van der Waals surface area (Å²) in [5.41, 5.74) is 5.52. The van der Waals surface area contributed by atoms with E-state index in [0.717, 1.165) is 6.42 Å². The predicted molar refractivity (Wildman–Crippen MR) is 47.1 cm³/mol. The van der Waals surface area contributed by atoms with Gasteiger partial charge in [-0.2, -0.15) is 0 Å². The molecule has 74 valence electrons. The van der Waals surface area contributed by atoms with Crippen LogP contribution in [0.4, 0.5) is 0 Å². The van der Waals surface area contributed by atoms with E-state index in [4.69, 9.17) is 15.3 Å². The highest BCUT2D eigenvalue weighted by atomic mass is 16.4. The molecule has 1 rings (SSSR count). The lowest BCUT2D eigenvalue weighted by Gasteiger charge is -2.03. The number of nitrogens with two attached hydrogens (primary N) is 1. The first-order chi connectivity index (χ1) is 6.26. The van der Waals surface area contributed by atoms with E-state index in [2.05, 4.69) is 10.2 Å². The summed E-state index contributed by atoms with van der Waals surface area (Å²) in [5.74, 6) is 1.24. The van der Waals surface area contributed by atoms with Gasteiger partial charge in [0.2, 0.25) is 11.8 Å².